The zero-order valence-corrected chi connectivity index (χ0v) is 13.3. The SMILES string of the molecule is Cc1cccc(-n2nnnc2Nc2cc(C)ccc2Br)c1. The maximum absolute atomic E-state index is 4.06. The Kier molecular flexibility index (Phi) is 3.70. The minimum absolute atomic E-state index is 0.576. The highest BCUT2D eigenvalue weighted by Crippen LogP contribution is 2.26. The van der Waals surface area contributed by atoms with Crippen LogP contribution < -0.4 is 5.32 Å². The maximum Gasteiger partial charge on any atom is 0.252 e. The van der Waals surface area contributed by atoms with Crippen molar-refractivity contribution in [2.45, 2.75) is 13.8 Å². The molecule has 0 saturated carbocycles. The van der Waals surface area contributed by atoms with Crippen LogP contribution in [-0.4, -0.2) is 20.2 Å². The molecular formula is C15H14BrN5. The highest BCUT2D eigenvalue weighted by molar-refractivity contribution is 9.10. The average molecular weight is 344 g/mol. The molecule has 0 fully saturated rings. The number of hydrogen-bond acceptors (Lipinski definition) is 4. The van der Waals surface area contributed by atoms with Gasteiger partial charge in [-0.15, -0.1) is 0 Å². The van der Waals surface area contributed by atoms with Gasteiger partial charge in [-0.2, -0.15) is 4.68 Å². The van der Waals surface area contributed by atoms with E-state index >= 15 is 0 Å². The minimum Gasteiger partial charge on any atom is -0.322 e. The highest BCUT2D eigenvalue weighted by atomic mass is 79.9. The lowest BCUT2D eigenvalue weighted by atomic mass is 10.2. The fourth-order valence-corrected chi connectivity index (χ4v) is 2.40. The smallest absolute Gasteiger partial charge is 0.252 e. The topological polar surface area (TPSA) is 55.6 Å². The largest absolute Gasteiger partial charge is 0.322 e. The van der Waals surface area contributed by atoms with Crippen molar-refractivity contribution in [3.05, 3.63) is 58.1 Å². The molecule has 21 heavy (non-hydrogen) atoms. The number of aromatic nitrogens is 4. The molecule has 1 heterocycles. The number of rotatable bonds is 3. The molecule has 0 aliphatic rings. The van der Waals surface area contributed by atoms with E-state index in [1.165, 1.54) is 0 Å². The summed E-state index contributed by atoms with van der Waals surface area (Å²) in [6.07, 6.45) is 0. The van der Waals surface area contributed by atoms with Gasteiger partial charge < -0.3 is 5.32 Å². The number of nitrogens with one attached hydrogen (secondary N) is 1. The van der Waals surface area contributed by atoms with Crippen molar-refractivity contribution in [2.24, 2.45) is 0 Å². The first-order valence-corrected chi connectivity index (χ1v) is 7.31. The molecule has 0 aliphatic heterocycles. The molecule has 0 aliphatic carbocycles. The summed E-state index contributed by atoms with van der Waals surface area (Å²) in [6, 6.07) is 14.1. The Bertz CT molecular complexity index is 781. The van der Waals surface area contributed by atoms with E-state index in [-0.39, 0.29) is 0 Å². The second-order valence-electron chi connectivity index (χ2n) is 4.86. The van der Waals surface area contributed by atoms with Gasteiger partial charge in [0.05, 0.1) is 11.4 Å². The van der Waals surface area contributed by atoms with Crippen molar-refractivity contribution < 1.29 is 0 Å². The second kappa shape index (κ2) is 5.65. The van der Waals surface area contributed by atoms with E-state index in [0.717, 1.165) is 27.0 Å². The molecule has 6 heteroatoms. The summed E-state index contributed by atoms with van der Waals surface area (Å²) in [5, 5.41) is 15.1. The van der Waals surface area contributed by atoms with E-state index in [0.29, 0.717) is 5.95 Å². The molecule has 3 rings (SSSR count). The first kappa shape index (κ1) is 13.8. The molecule has 0 bridgehead atoms. The van der Waals surface area contributed by atoms with Crippen LogP contribution in [0.4, 0.5) is 11.6 Å². The molecule has 3 aromatic rings. The Morgan fingerprint density at radius 2 is 1.86 bits per heavy atom. The second-order valence-corrected chi connectivity index (χ2v) is 5.72. The van der Waals surface area contributed by atoms with Gasteiger partial charge in [0.25, 0.3) is 5.95 Å². The lowest BCUT2D eigenvalue weighted by Crippen LogP contribution is -2.04. The minimum atomic E-state index is 0.576. The van der Waals surface area contributed by atoms with Crippen LogP contribution in [0.1, 0.15) is 11.1 Å². The van der Waals surface area contributed by atoms with Crippen LogP contribution in [-0.2, 0) is 0 Å². The fraction of sp³-hybridized carbons (Fsp3) is 0.133. The van der Waals surface area contributed by atoms with Crippen LogP contribution in [0.2, 0.25) is 0 Å². The Hall–Kier alpha value is -2.21. The van der Waals surface area contributed by atoms with Crippen LogP contribution in [0, 0.1) is 13.8 Å². The summed E-state index contributed by atoms with van der Waals surface area (Å²) in [5.41, 5.74) is 4.17. The summed E-state index contributed by atoms with van der Waals surface area (Å²) < 4.78 is 2.65. The molecule has 0 saturated heterocycles. The molecule has 5 nitrogen and oxygen atoms in total. The van der Waals surface area contributed by atoms with Gasteiger partial charge in [0.1, 0.15) is 0 Å². The van der Waals surface area contributed by atoms with Gasteiger partial charge in [-0.3, -0.25) is 0 Å². The molecule has 0 atom stereocenters. The molecule has 0 amide bonds. The number of anilines is 2. The number of benzene rings is 2. The third kappa shape index (κ3) is 2.95. The van der Waals surface area contributed by atoms with Gasteiger partial charge in [-0.05, 0) is 75.6 Å². The Morgan fingerprint density at radius 3 is 2.67 bits per heavy atom. The zero-order valence-electron chi connectivity index (χ0n) is 11.7. The van der Waals surface area contributed by atoms with Crippen LogP contribution >= 0.6 is 15.9 Å². The van der Waals surface area contributed by atoms with Gasteiger partial charge in [-0.25, -0.2) is 0 Å². The average Bonchev–Trinajstić information content (AvgIpc) is 2.91. The lowest BCUT2D eigenvalue weighted by molar-refractivity contribution is 0.791. The van der Waals surface area contributed by atoms with Crippen LogP contribution in [0.5, 0.6) is 0 Å². The molecule has 1 aromatic heterocycles. The van der Waals surface area contributed by atoms with Crippen molar-refractivity contribution in [2.75, 3.05) is 5.32 Å². The molecule has 106 valence electrons. The summed E-state index contributed by atoms with van der Waals surface area (Å²) in [5.74, 6) is 0.576. The van der Waals surface area contributed by atoms with Crippen LogP contribution in [0.25, 0.3) is 5.69 Å². The maximum atomic E-state index is 4.06. The number of nitrogens with zero attached hydrogens (tertiary/aromatic N) is 4. The van der Waals surface area contributed by atoms with E-state index in [1.807, 2.05) is 56.3 Å². The van der Waals surface area contributed by atoms with Crippen LogP contribution in [0.15, 0.2) is 46.9 Å². The van der Waals surface area contributed by atoms with Crippen molar-refractivity contribution in [1.29, 1.82) is 0 Å². The Morgan fingerprint density at radius 1 is 1.05 bits per heavy atom. The zero-order chi connectivity index (χ0) is 14.8. The summed E-state index contributed by atoms with van der Waals surface area (Å²) in [4.78, 5) is 0. The quantitative estimate of drug-likeness (QED) is 0.786. The number of halogens is 1. The van der Waals surface area contributed by atoms with Crippen molar-refractivity contribution >= 4 is 27.6 Å². The highest BCUT2D eigenvalue weighted by Gasteiger charge is 2.10. The number of hydrogen-bond donors (Lipinski definition) is 1. The van der Waals surface area contributed by atoms with Gasteiger partial charge in [-0.1, -0.05) is 23.3 Å². The van der Waals surface area contributed by atoms with E-state index < -0.39 is 0 Å². The molecular weight excluding hydrogens is 330 g/mol. The summed E-state index contributed by atoms with van der Waals surface area (Å²) in [6.45, 7) is 4.08. The van der Waals surface area contributed by atoms with E-state index in [1.54, 1.807) is 4.68 Å². The molecule has 2 aromatic carbocycles. The molecule has 0 unspecified atom stereocenters. The van der Waals surface area contributed by atoms with Gasteiger partial charge in [0, 0.05) is 4.47 Å². The molecule has 0 spiro atoms. The third-order valence-corrected chi connectivity index (χ3v) is 3.78. The number of aryl methyl sites for hydroxylation is 2. The van der Waals surface area contributed by atoms with E-state index in [4.69, 9.17) is 0 Å². The van der Waals surface area contributed by atoms with Gasteiger partial charge >= 0.3 is 0 Å². The van der Waals surface area contributed by atoms with Gasteiger partial charge in [0.15, 0.2) is 0 Å². The number of tetrazole rings is 1. The monoisotopic (exact) mass is 343 g/mol. The lowest BCUT2D eigenvalue weighted by Gasteiger charge is -2.09. The fourth-order valence-electron chi connectivity index (χ4n) is 2.05. The first-order valence-electron chi connectivity index (χ1n) is 6.52. The predicted octanol–water partition coefficient (Wildman–Crippen LogP) is 3.79. The van der Waals surface area contributed by atoms with Gasteiger partial charge in [0.2, 0.25) is 0 Å². The summed E-state index contributed by atoms with van der Waals surface area (Å²) in [7, 11) is 0. The Balaban J connectivity index is 1.98. The third-order valence-electron chi connectivity index (χ3n) is 3.08. The predicted molar refractivity (Wildman–Crippen MR) is 86.1 cm³/mol. The van der Waals surface area contributed by atoms with Crippen molar-refractivity contribution in [3.63, 3.8) is 0 Å². The first-order chi connectivity index (χ1) is 10.1. The summed E-state index contributed by atoms with van der Waals surface area (Å²) >= 11 is 3.53. The van der Waals surface area contributed by atoms with E-state index in [2.05, 4.69) is 36.8 Å². The normalized spacial score (nSPS) is 10.6. The van der Waals surface area contributed by atoms with E-state index in [9.17, 15) is 0 Å². The Labute approximate surface area is 131 Å². The van der Waals surface area contributed by atoms with Crippen LogP contribution in [0.3, 0.4) is 0 Å². The van der Waals surface area contributed by atoms with Crippen molar-refractivity contribution in [3.8, 4) is 5.69 Å². The van der Waals surface area contributed by atoms with Crippen molar-refractivity contribution in [1.82, 2.24) is 20.2 Å². The standard InChI is InChI=1S/C15H14BrN5/c1-10-4-3-5-12(8-10)21-15(18-19-20-21)17-14-9-11(2)6-7-13(14)16/h3-9H,1-2H3,(H,17,18,20). The molecule has 1 N–H and O–H groups in total. The molecule has 0 radical (unpaired) electrons.